The van der Waals surface area contributed by atoms with Crippen molar-refractivity contribution in [3.63, 3.8) is 0 Å². The summed E-state index contributed by atoms with van der Waals surface area (Å²) in [7, 11) is 0. The molecule has 1 aromatic rings. The Morgan fingerprint density at radius 2 is 2.12 bits per heavy atom. The molecule has 0 amide bonds. The maximum atomic E-state index is 11.8. The van der Waals surface area contributed by atoms with Crippen molar-refractivity contribution in [2.24, 2.45) is 5.16 Å². The van der Waals surface area contributed by atoms with E-state index in [1.165, 1.54) is 0 Å². The number of alkyl halides is 3. The lowest BCUT2D eigenvalue weighted by Gasteiger charge is -2.05. The van der Waals surface area contributed by atoms with E-state index in [1.807, 2.05) is 0 Å². The van der Waals surface area contributed by atoms with Crippen molar-refractivity contribution in [2.75, 3.05) is 6.61 Å². The highest BCUT2D eigenvalue weighted by molar-refractivity contribution is 6.31. The van der Waals surface area contributed by atoms with Gasteiger partial charge in [-0.1, -0.05) is 28.9 Å². The van der Waals surface area contributed by atoms with Gasteiger partial charge >= 0.3 is 6.18 Å². The minimum Gasteiger partial charge on any atom is -0.386 e. The van der Waals surface area contributed by atoms with Crippen molar-refractivity contribution >= 4 is 17.3 Å². The highest BCUT2D eigenvalue weighted by Crippen LogP contribution is 2.15. The number of rotatable bonds is 3. The van der Waals surface area contributed by atoms with Crippen molar-refractivity contribution in [3.05, 3.63) is 34.9 Å². The number of nitrogens with zero attached hydrogens (tertiary/aromatic N) is 1. The van der Waals surface area contributed by atoms with Gasteiger partial charge in [-0.3, -0.25) is 0 Å². The van der Waals surface area contributed by atoms with E-state index in [0.717, 1.165) is 0 Å². The number of hydrogen-bond acceptors (Lipinski definition) is 2. The third-order valence-electron chi connectivity index (χ3n) is 1.67. The molecular weight excluding hydrogens is 243 g/mol. The zero-order valence-corrected chi connectivity index (χ0v) is 9.14. The Morgan fingerprint density at radius 3 is 2.69 bits per heavy atom. The third-order valence-corrected chi connectivity index (χ3v) is 1.91. The monoisotopic (exact) mass is 251 g/mol. The average Bonchev–Trinajstić information content (AvgIpc) is 2.15. The fourth-order valence-electron chi connectivity index (χ4n) is 0.969. The summed E-state index contributed by atoms with van der Waals surface area (Å²) in [5, 5.41) is 3.85. The molecule has 0 heterocycles. The summed E-state index contributed by atoms with van der Waals surface area (Å²) in [6.07, 6.45) is -4.38. The molecule has 0 spiro atoms. The molecule has 0 radical (unpaired) electrons. The van der Waals surface area contributed by atoms with Gasteiger partial charge in [-0.25, -0.2) is 0 Å². The summed E-state index contributed by atoms with van der Waals surface area (Å²) in [4.78, 5) is 4.17. The van der Waals surface area contributed by atoms with Crippen LogP contribution in [0.2, 0.25) is 5.02 Å². The molecule has 0 fully saturated rings. The molecule has 0 atom stereocenters. The fraction of sp³-hybridized carbons (Fsp3) is 0.300. The predicted molar refractivity (Wildman–Crippen MR) is 55.7 cm³/mol. The first kappa shape index (κ1) is 12.8. The Labute approximate surface area is 95.7 Å². The Hall–Kier alpha value is -1.23. The van der Waals surface area contributed by atoms with Crippen molar-refractivity contribution in [2.45, 2.75) is 13.1 Å². The van der Waals surface area contributed by atoms with E-state index in [-0.39, 0.29) is 0 Å². The molecule has 0 saturated heterocycles. The fourth-order valence-corrected chi connectivity index (χ4v) is 1.16. The van der Waals surface area contributed by atoms with Crippen LogP contribution in [0.25, 0.3) is 0 Å². The van der Waals surface area contributed by atoms with Crippen molar-refractivity contribution < 1.29 is 18.0 Å². The van der Waals surface area contributed by atoms with Crippen LogP contribution in [-0.4, -0.2) is 18.5 Å². The van der Waals surface area contributed by atoms with Crippen LogP contribution in [0.4, 0.5) is 13.2 Å². The van der Waals surface area contributed by atoms with Gasteiger partial charge < -0.3 is 4.84 Å². The van der Waals surface area contributed by atoms with E-state index in [4.69, 9.17) is 11.6 Å². The Balaban J connectivity index is 2.64. The molecule has 0 bridgehead atoms. The average molecular weight is 252 g/mol. The van der Waals surface area contributed by atoms with Gasteiger partial charge in [0.1, 0.15) is 0 Å². The predicted octanol–water partition coefficient (Wildman–Crippen LogP) is 3.64. The smallest absolute Gasteiger partial charge is 0.386 e. The van der Waals surface area contributed by atoms with E-state index < -0.39 is 12.8 Å². The second-order valence-corrected chi connectivity index (χ2v) is 3.51. The first-order valence-electron chi connectivity index (χ1n) is 4.38. The maximum Gasteiger partial charge on any atom is 0.425 e. The highest BCUT2D eigenvalue weighted by atomic mass is 35.5. The lowest BCUT2D eigenvalue weighted by Crippen LogP contribution is -2.15. The van der Waals surface area contributed by atoms with Gasteiger partial charge in [0.25, 0.3) is 0 Å². The van der Waals surface area contributed by atoms with E-state index >= 15 is 0 Å². The second kappa shape index (κ2) is 5.21. The molecule has 0 aliphatic heterocycles. The standard InChI is InChI=1S/C10H9ClF3NO/c1-7(15-16-6-10(12,13)14)8-3-2-4-9(11)5-8/h2-5H,6H2,1H3/b15-7+. The van der Waals surface area contributed by atoms with Gasteiger partial charge in [0.15, 0.2) is 0 Å². The summed E-state index contributed by atoms with van der Waals surface area (Å²) in [6, 6.07) is 6.62. The molecule has 6 heteroatoms. The van der Waals surface area contributed by atoms with Crippen molar-refractivity contribution in [1.82, 2.24) is 0 Å². The van der Waals surface area contributed by atoms with Crippen LogP contribution in [0.3, 0.4) is 0 Å². The summed E-state index contributed by atoms with van der Waals surface area (Å²) < 4.78 is 35.3. The van der Waals surface area contributed by atoms with Crippen LogP contribution >= 0.6 is 11.6 Å². The normalized spacial score (nSPS) is 12.7. The summed E-state index contributed by atoms with van der Waals surface area (Å²) in [5.41, 5.74) is 0.960. The number of benzene rings is 1. The first-order chi connectivity index (χ1) is 7.38. The Kier molecular flexibility index (Phi) is 4.18. The molecule has 0 saturated carbocycles. The van der Waals surface area contributed by atoms with Gasteiger partial charge in [-0.2, -0.15) is 13.2 Å². The van der Waals surface area contributed by atoms with Crippen LogP contribution in [0, 0.1) is 0 Å². The lowest BCUT2D eigenvalue weighted by atomic mass is 10.1. The van der Waals surface area contributed by atoms with Crippen LogP contribution in [0.5, 0.6) is 0 Å². The molecular formula is C10H9ClF3NO. The molecule has 88 valence electrons. The van der Waals surface area contributed by atoms with Crippen molar-refractivity contribution in [1.29, 1.82) is 0 Å². The molecule has 0 aliphatic rings. The lowest BCUT2D eigenvalue weighted by molar-refractivity contribution is -0.173. The minimum atomic E-state index is -4.38. The van der Waals surface area contributed by atoms with Crippen LogP contribution < -0.4 is 0 Å². The largest absolute Gasteiger partial charge is 0.425 e. The maximum absolute atomic E-state index is 11.8. The summed E-state index contributed by atoms with van der Waals surface area (Å²) in [5.74, 6) is 0. The van der Waals surface area contributed by atoms with Crippen LogP contribution in [0.1, 0.15) is 12.5 Å². The van der Waals surface area contributed by atoms with E-state index in [0.29, 0.717) is 16.3 Å². The van der Waals surface area contributed by atoms with E-state index in [9.17, 15) is 13.2 Å². The number of oxime groups is 1. The molecule has 1 aromatic carbocycles. The van der Waals surface area contributed by atoms with Gasteiger partial charge in [-0.15, -0.1) is 0 Å². The summed E-state index contributed by atoms with van der Waals surface area (Å²) in [6.45, 7) is 0.146. The Bertz CT molecular complexity index is 390. The molecule has 0 N–H and O–H groups in total. The third kappa shape index (κ3) is 4.53. The minimum absolute atomic E-state index is 0.340. The number of halogens is 4. The zero-order chi connectivity index (χ0) is 12.2. The first-order valence-corrected chi connectivity index (χ1v) is 4.75. The van der Waals surface area contributed by atoms with Gasteiger partial charge in [0, 0.05) is 10.6 Å². The molecule has 0 aromatic heterocycles. The van der Waals surface area contributed by atoms with Crippen LogP contribution in [-0.2, 0) is 4.84 Å². The SMILES string of the molecule is C/C(=N\OCC(F)(F)F)c1cccc(Cl)c1. The van der Waals surface area contributed by atoms with Gasteiger partial charge in [0.2, 0.25) is 6.61 Å². The van der Waals surface area contributed by atoms with Gasteiger partial charge in [0.05, 0.1) is 5.71 Å². The van der Waals surface area contributed by atoms with E-state index in [1.54, 1.807) is 31.2 Å². The quantitative estimate of drug-likeness (QED) is 0.594. The second-order valence-electron chi connectivity index (χ2n) is 3.08. The molecule has 1 rings (SSSR count). The van der Waals surface area contributed by atoms with E-state index in [2.05, 4.69) is 9.99 Å². The molecule has 16 heavy (non-hydrogen) atoms. The molecule has 2 nitrogen and oxygen atoms in total. The Morgan fingerprint density at radius 1 is 1.44 bits per heavy atom. The molecule has 0 aliphatic carbocycles. The number of hydrogen-bond donors (Lipinski definition) is 0. The van der Waals surface area contributed by atoms with Crippen LogP contribution in [0.15, 0.2) is 29.4 Å². The van der Waals surface area contributed by atoms with Crippen molar-refractivity contribution in [3.8, 4) is 0 Å². The molecule has 0 unspecified atom stereocenters. The summed E-state index contributed by atoms with van der Waals surface area (Å²) >= 11 is 5.72. The highest BCUT2D eigenvalue weighted by Gasteiger charge is 2.28. The van der Waals surface area contributed by atoms with Gasteiger partial charge in [-0.05, 0) is 19.1 Å². The zero-order valence-electron chi connectivity index (χ0n) is 8.38. The topological polar surface area (TPSA) is 21.6 Å².